The Morgan fingerprint density at radius 2 is 2.33 bits per heavy atom. The fraction of sp³-hybridized carbons (Fsp3) is 0.929. The van der Waals surface area contributed by atoms with Crippen molar-refractivity contribution in [3.8, 4) is 0 Å². The molecule has 2 unspecified atom stereocenters. The van der Waals surface area contributed by atoms with E-state index in [2.05, 4.69) is 17.3 Å². The van der Waals surface area contributed by atoms with Crippen LogP contribution in [0.3, 0.4) is 0 Å². The number of ether oxygens (including phenoxy) is 1. The van der Waals surface area contributed by atoms with Crippen molar-refractivity contribution in [2.75, 3.05) is 40.3 Å². The number of hydrogen-bond donors (Lipinski definition) is 1. The van der Waals surface area contributed by atoms with Gasteiger partial charge in [-0.2, -0.15) is 0 Å². The van der Waals surface area contributed by atoms with Gasteiger partial charge in [-0.05, 0) is 51.7 Å². The number of carbonyl (C=O) groups excluding carboxylic acids is 1. The van der Waals surface area contributed by atoms with E-state index in [9.17, 15) is 4.79 Å². The summed E-state index contributed by atoms with van der Waals surface area (Å²) in [6.45, 7) is 6.23. The molecule has 1 saturated heterocycles. The molecule has 1 aliphatic rings. The van der Waals surface area contributed by atoms with Crippen molar-refractivity contribution in [2.24, 2.45) is 11.8 Å². The Hall–Kier alpha value is -0.610. The zero-order valence-corrected chi connectivity index (χ0v) is 12.1. The first-order valence-corrected chi connectivity index (χ1v) is 7.14. The zero-order chi connectivity index (χ0) is 13.4. The first kappa shape index (κ1) is 15.4. The van der Waals surface area contributed by atoms with Gasteiger partial charge in [0, 0.05) is 13.1 Å². The molecule has 0 aromatic rings. The Bertz CT molecular complexity index is 246. The summed E-state index contributed by atoms with van der Waals surface area (Å²) in [4.78, 5) is 13.8. The van der Waals surface area contributed by atoms with E-state index in [1.165, 1.54) is 39.5 Å². The highest BCUT2D eigenvalue weighted by molar-refractivity contribution is 5.72. The van der Waals surface area contributed by atoms with Crippen LogP contribution in [0.2, 0.25) is 0 Å². The molecule has 1 heterocycles. The van der Waals surface area contributed by atoms with Gasteiger partial charge in [0.25, 0.3) is 0 Å². The maximum atomic E-state index is 11.4. The highest BCUT2D eigenvalue weighted by Gasteiger charge is 2.18. The molecule has 0 aliphatic carbocycles. The summed E-state index contributed by atoms with van der Waals surface area (Å²) in [5.74, 6) is 0.723. The molecule has 106 valence electrons. The Morgan fingerprint density at radius 1 is 1.56 bits per heavy atom. The van der Waals surface area contributed by atoms with Crippen LogP contribution in [0.25, 0.3) is 0 Å². The first-order chi connectivity index (χ1) is 8.67. The quantitative estimate of drug-likeness (QED) is 0.554. The summed E-state index contributed by atoms with van der Waals surface area (Å²) in [6, 6.07) is 0. The smallest absolute Gasteiger partial charge is 0.309 e. The number of esters is 1. The van der Waals surface area contributed by atoms with E-state index in [-0.39, 0.29) is 11.9 Å². The fourth-order valence-corrected chi connectivity index (χ4v) is 2.65. The molecule has 18 heavy (non-hydrogen) atoms. The highest BCUT2D eigenvalue weighted by Crippen LogP contribution is 2.17. The number of nitrogens with zero attached hydrogens (tertiary/aromatic N) is 1. The Balaban J connectivity index is 2.11. The molecule has 4 heteroatoms. The van der Waals surface area contributed by atoms with E-state index in [1.807, 2.05) is 6.92 Å². The fourth-order valence-electron chi connectivity index (χ4n) is 2.65. The predicted octanol–water partition coefficient (Wildman–Crippen LogP) is 1.51. The molecule has 2 atom stereocenters. The van der Waals surface area contributed by atoms with E-state index in [4.69, 9.17) is 4.74 Å². The van der Waals surface area contributed by atoms with Crippen molar-refractivity contribution in [3.05, 3.63) is 0 Å². The average molecular weight is 256 g/mol. The van der Waals surface area contributed by atoms with Gasteiger partial charge in [0.05, 0.1) is 13.0 Å². The molecule has 0 aromatic heterocycles. The topological polar surface area (TPSA) is 41.6 Å². The van der Waals surface area contributed by atoms with Crippen LogP contribution in [-0.4, -0.2) is 51.2 Å². The van der Waals surface area contributed by atoms with Crippen molar-refractivity contribution < 1.29 is 9.53 Å². The number of likely N-dealkylation sites (tertiary alicyclic amines) is 1. The largest absolute Gasteiger partial charge is 0.469 e. The van der Waals surface area contributed by atoms with Gasteiger partial charge in [-0.15, -0.1) is 0 Å². The minimum Gasteiger partial charge on any atom is -0.469 e. The molecule has 4 nitrogen and oxygen atoms in total. The standard InChI is InChI=1S/C14H28N2O2/c1-4-13(14(17)18-3)10-15-8-7-12-6-5-9-16(2)11-12/h12-13,15H,4-11H2,1-3H3. The summed E-state index contributed by atoms with van der Waals surface area (Å²) in [5.41, 5.74) is 0. The minimum atomic E-state index is -0.0950. The maximum Gasteiger partial charge on any atom is 0.309 e. The number of nitrogens with one attached hydrogen (secondary N) is 1. The van der Waals surface area contributed by atoms with Gasteiger partial charge < -0.3 is 15.0 Å². The van der Waals surface area contributed by atoms with Crippen molar-refractivity contribution in [2.45, 2.75) is 32.6 Å². The summed E-state index contributed by atoms with van der Waals surface area (Å²) < 4.78 is 4.78. The van der Waals surface area contributed by atoms with Crippen molar-refractivity contribution >= 4 is 5.97 Å². The van der Waals surface area contributed by atoms with E-state index >= 15 is 0 Å². The number of rotatable bonds is 7. The Labute approximate surface area is 111 Å². The van der Waals surface area contributed by atoms with Gasteiger partial charge in [0.2, 0.25) is 0 Å². The second-order valence-electron chi connectivity index (χ2n) is 5.39. The molecule has 0 aromatic carbocycles. The second-order valence-corrected chi connectivity index (χ2v) is 5.39. The monoisotopic (exact) mass is 256 g/mol. The van der Waals surface area contributed by atoms with Gasteiger partial charge in [0.15, 0.2) is 0 Å². The first-order valence-electron chi connectivity index (χ1n) is 7.14. The molecule has 0 saturated carbocycles. The molecular weight excluding hydrogens is 228 g/mol. The van der Waals surface area contributed by atoms with E-state index in [0.717, 1.165) is 25.4 Å². The van der Waals surface area contributed by atoms with E-state index in [0.29, 0.717) is 0 Å². The van der Waals surface area contributed by atoms with Crippen molar-refractivity contribution in [1.29, 1.82) is 0 Å². The van der Waals surface area contributed by atoms with Gasteiger partial charge in [0.1, 0.15) is 0 Å². The molecule has 1 N–H and O–H groups in total. The van der Waals surface area contributed by atoms with Gasteiger partial charge >= 0.3 is 5.97 Å². The van der Waals surface area contributed by atoms with Crippen LogP contribution in [0, 0.1) is 11.8 Å². The molecule has 0 radical (unpaired) electrons. The van der Waals surface area contributed by atoms with Crippen LogP contribution in [0.4, 0.5) is 0 Å². The average Bonchev–Trinajstić information content (AvgIpc) is 2.38. The van der Waals surface area contributed by atoms with Crippen LogP contribution in [0.5, 0.6) is 0 Å². The Morgan fingerprint density at radius 3 is 2.94 bits per heavy atom. The number of carbonyl (C=O) groups is 1. The van der Waals surface area contributed by atoms with Gasteiger partial charge in [-0.1, -0.05) is 6.92 Å². The summed E-state index contributed by atoms with van der Waals surface area (Å²) >= 11 is 0. The molecule has 0 spiro atoms. The van der Waals surface area contributed by atoms with Crippen LogP contribution in [0.15, 0.2) is 0 Å². The zero-order valence-electron chi connectivity index (χ0n) is 12.1. The summed E-state index contributed by atoms with van der Waals surface area (Å²) in [6.07, 6.45) is 4.72. The minimum absolute atomic E-state index is 0.00373. The molecule has 0 bridgehead atoms. The van der Waals surface area contributed by atoms with E-state index < -0.39 is 0 Å². The van der Waals surface area contributed by atoms with Crippen molar-refractivity contribution in [3.63, 3.8) is 0 Å². The lowest BCUT2D eigenvalue weighted by atomic mass is 9.95. The molecular formula is C14H28N2O2. The van der Waals surface area contributed by atoms with Crippen LogP contribution >= 0.6 is 0 Å². The van der Waals surface area contributed by atoms with Gasteiger partial charge in [-0.3, -0.25) is 4.79 Å². The molecule has 1 aliphatic heterocycles. The molecule has 1 fully saturated rings. The van der Waals surface area contributed by atoms with E-state index in [1.54, 1.807) is 0 Å². The molecule has 0 amide bonds. The second kappa shape index (κ2) is 8.48. The van der Waals surface area contributed by atoms with Crippen LogP contribution < -0.4 is 5.32 Å². The summed E-state index contributed by atoms with van der Waals surface area (Å²) in [7, 11) is 3.66. The number of piperidine rings is 1. The molecule has 1 rings (SSSR count). The Kier molecular flexibility index (Phi) is 7.28. The predicted molar refractivity (Wildman–Crippen MR) is 73.5 cm³/mol. The lowest BCUT2D eigenvalue weighted by molar-refractivity contribution is -0.145. The van der Waals surface area contributed by atoms with Gasteiger partial charge in [-0.25, -0.2) is 0 Å². The summed E-state index contributed by atoms with van der Waals surface area (Å²) in [5, 5.41) is 3.39. The van der Waals surface area contributed by atoms with Crippen molar-refractivity contribution in [1.82, 2.24) is 10.2 Å². The lowest BCUT2D eigenvalue weighted by Gasteiger charge is -2.29. The maximum absolute atomic E-state index is 11.4. The third-order valence-corrected chi connectivity index (χ3v) is 3.87. The normalized spacial score (nSPS) is 22.7. The van der Waals surface area contributed by atoms with Crippen LogP contribution in [0.1, 0.15) is 32.6 Å². The lowest BCUT2D eigenvalue weighted by Crippen LogP contribution is -2.35. The van der Waals surface area contributed by atoms with Crippen LogP contribution in [-0.2, 0) is 9.53 Å². The SMILES string of the molecule is CCC(CNCCC1CCCN(C)C1)C(=O)OC. The number of hydrogen-bond acceptors (Lipinski definition) is 4. The third kappa shape index (κ3) is 5.36. The number of methoxy groups -OCH3 is 1. The highest BCUT2D eigenvalue weighted by atomic mass is 16.5. The third-order valence-electron chi connectivity index (χ3n) is 3.87.